The minimum Gasteiger partial charge on any atom is -0.391 e. The van der Waals surface area contributed by atoms with Crippen molar-refractivity contribution in [2.75, 3.05) is 20.3 Å². The van der Waals surface area contributed by atoms with Gasteiger partial charge in [-0.15, -0.1) is 0 Å². The zero-order chi connectivity index (χ0) is 14.3. The molecule has 1 saturated carbocycles. The summed E-state index contributed by atoms with van der Waals surface area (Å²) in [6, 6.07) is 0. The largest absolute Gasteiger partial charge is 0.391 e. The summed E-state index contributed by atoms with van der Waals surface area (Å²) in [6.07, 6.45) is 5.46. The average molecular weight is 271 g/mol. The molecule has 0 radical (unpaired) electrons. The van der Waals surface area contributed by atoms with E-state index in [2.05, 4.69) is 19.2 Å². The van der Waals surface area contributed by atoms with E-state index in [9.17, 15) is 9.90 Å². The third-order valence-corrected chi connectivity index (χ3v) is 4.09. The Hall–Kier alpha value is -0.610. The molecule has 112 valence electrons. The highest BCUT2D eigenvalue weighted by Gasteiger charge is 2.27. The smallest absolute Gasteiger partial charge is 0.220 e. The molecule has 1 aliphatic rings. The van der Waals surface area contributed by atoms with Gasteiger partial charge in [-0.1, -0.05) is 13.8 Å². The first-order chi connectivity index (χ1) is 8.93. The van der Waals surface area contributed by atoms with Crippen molar-refractivity contribution in [3.8, 4) is 0 Å². The Morgan fingerprint density at radius 1 is 1.42 bits per heavy atom. The third-order valence-electron chi connectivity index (χ3n) is 4.09. The molecule has 4 nitrogen and oxygen atoms in total. The van der Waals surface area contributed by atoms with Gasteiger partial charge >= 0.3 is 0 Å². The SMILES string of the molecule is COCC(O)CCNC(=O)CC1CCC(C)(C)CC1. The van der Waals surface area contributed by atoms with Crippen LogP contribution in [-0.2, 0) is 9.53 Å². The lowest BCUT2D eigenvalue weighted by atomic mass is 9.72. The molecule has 0 spiro atoms. The second kappa shape index (κ2) is 7.85. The quantitative estimate of drug-likeness (QED) is 0.745. The average Bonchev–Trinajstić information content (AvgIpc) is 2.32. The minimum atomic E-state index is -0.485. The number of carbonyl (C=O) groups excluding carboxylic acids is 1. The molecule has 0 aromatic heterocycles. The third kappa shape index (κ3) is 6.92. The van der Waals surface area contributed by atoms with Gasteiger partial charge in [0, 0.05) is 20.1 Å². The van der Waals surface area contributed by atoms with Crippen molar-refractivity contribution >= 4 is 5.91 Å². The van der Waals surface area contributed by atoms with Crippen LogP contribution in [0.5, 0.6) is 0 Å². The number of hydrogen-bond donors (Lipinski definition) is 2. The molecule has 0 aromatic rings. The fourth-order valence-corrected chi connectivity index (χ4v) is 2.65. The number of hydrogen-bond acceptors (Lipinski definition) is 3. The molecule has 0 aromatic carbocycles. The van der Waals surface area contributed by atoms with Gasteiger partial charge in [-0.3, -0.25) is 4.79 Å². The van der Waals surface area contributed by atoms with Crippen molar-refractivity contribution in [2.45, 2.75) is 58.5 Å². The predicted molar refractivity (Wildman–Crippen MR) is 75.9 cm³/mol. The summed E-state index contributed by atoms with van der Waals surface area (Å²) in [6.45, 7) is 5.47. The van der Waals surface area contributed by atoms with Crippen LogP contribution in [0.2, 0.25) is 0 Å². The lowest BCUT2D eigenvalue weighted by molar-refractivity contribution is -0.122. The molecule has 2 N–H and O–H groups in total. The van der Waals surface area contributed by atoms with Gasteiger partial charge in [-0.05, 0) is 43.4 Å². The Bertz CT molecular complexity index is 269. The zero-order valence-corrected chi connectivity index (χ0v) is 12.6. The Kier molecular flexibility index (Phi) is 6.80. The zero-order valence-electron chi connectivity index (χ0n) is 12.6. The molecule has 0 bridgehead atoms. The lowest BCUT2D eigenvalue weighted by Gasteiger charge is -2.34. The van der Waals surface area contributed by atoms with E-state index in [1.165, 1.54) is 12.8 Å². The van der Waals surface area contributed by atoms with Gasteiger partial charge in [0.25, 0.3) is 0 Å². The topological polar surface area (TPSA) is 58.6 Å². The van der Waals surface area contributed by atoms with Gasteiger partial charge in [0.05, 0.1) is 12.7 Å². The van der Waals surface area contributed by atoms with Gasteiger partial charge in [0.2, 0.25) is 5.91 Å². The highest BCUT2D eigenvalue weighted by Crippen LogP contribution is 2.38. The van der Waals surface area contributed by atoms with Crippen LogP contribution in [0.4, 0.5) is 0 Å². The molecular weight excluding hydrogens is 242 g/mol. The minimum absolute atomic E-state index is 0.120. The summed E-state index contributed by atoms with van der Waals surface area (Å²) in [4.78, 5) is 11.8. The van der Waals surface area contributed by atoms with Gasteiger partial charge in [0.15, 0.2) is 0 Å². The maximum Gasteiger partial charge on any atom is 0.220 e. The van der Waals surface area contributed by atoms with Crippen LogP contribution >= 0.6 is 0 Å². The first-order valence-electron chi connectivity index (χ1n) is 7.36. The van der Waals surface area contributed by atoms with Crippen molar-refractivity contribution < 1.29 is 14.6 Å². The first-order valence-corrected chi connectivity index (χ1v) is 7.36. The molecule has 1 aliphatic carbocycles. The van der Waals surface area contributed by atoms with E-state index < -0.39 is 6.10 Å². The molecule has 4 heteroatoms. The van der Waals surface area contributed by atoms with E-state index >= 15 is 0 Å². The Morgan fingerprint density at radius 2 is 2.05 bits per heavy atom. The van der Waals surface area contributed by atoms with Crippen molar-refractivity contribution in [3.63, 3.8) is 0 Å². The number of aliphatic hydroxyl groups excluding tert-OH is 1. The standard InChI is InChI=1S/C15H29NO3/c1-15(2)7-4-12(5-8-15)10-14(18)16-9-6-13(17)11-19-3/h12-13,17H,4-11H2,1-3H3,(H,16,18). The summed E-state index contributed by atoms with van der Waals surface area (Å²) in [5, 5.41) is 12.4. The number of carbonyl (C=O) groups is 1. The van der Waals surface area contributed by atoms with E-state index in [1.54, 1.807) is 7.11 Å². The number of aliphatic hydroxyl groups is 1. The van der Waals surface area contributed by atoms with Crippen molar-refractivity contribution in [1.29, 1.82) is 0 Å². The van der Waals surface area contributed by atoms with E-state index in [-0.39, 0.29) is 5.91 Å². The molecule has 1 amide bonds. The second-order valence-electron chi connectivity index (χ2n) is 6.56. The summed E-state index contributed by atoms with van der Waals surface area (Å²) in [5.41, 5.74) is 0.456. The summed E-state index contributed by atoms with van der Waals surface area (Å²) in [7, 11) is 1.56. The highest BCUT2D eigenvalue weighted by atomic mass is 16.5. The van der Waals surface area contributed by atoms with Crippen LogP contribution in [0.25, 0.3) is 0 Å². The highest BCUT2D eigenvalue weighted by molar-refractivity contribution is 5.76. The molecule has 0 saturated heterocycles. The normalized spacial score (nSPS) is 21.1. The van der Waals surface area contributed by atoms with Crippen LogP contribution in [0.3, 0.4) is 0 Å². The molecule has 19 heavy (non-hydrogen) atoms. The monoisotopic (exact) mass is 271 g/mol. The van der Waals surface area contributed by atoms with Crippen molar-refractivity contribution in [2.24, 2.45) is 11.3 Å². The fourth-order valence-electron chi connectivity index (χ4n) is 2.65. The lowest BCUT2D eigenvalue weighted by Crippen LogP contribution is -2.31. The fraction of sp³-hybridized carbons (Fsp3) is 0.933. The molecule has 1 atom stereocenters. The summed E-state index contributed by atoms with van der Waals surface area (Å²) < 4.78 is 4.84. The van der Waals surface area contributed by atoms with Crippen LogP contribution in [-0.4, -0.2) is 37.4 Å². The van der Waals surface area contributed by atoms with E-state index in [4.69, 9.17) is 4.74 Å². The Labute approximate surface area is 116 Å². The van der Waals surface area contributed by atoms with E-state index in [0.717, 1.165) is 12.8 Å². The number of ether oxygens (including phenoxy) is 1. The molecule has 1 fully saturated rings. The predicted octanol–water partition coefficient (Wildman–Crippen LogP) is 2.11. The van der Waals surface area contributed by atoms with E-state index in [1.807, 2.05) is 0 Å². The van der Waals surface area contributed by atoms with Crippen molar-refractivity contribution in [3.05, 3.63) is 0 Å². The number of methoxy groups -OCH3 is 1. The second-order valence-corrected chi connectivity index (χ2v) is 6.56. The Balaban J connectivity index is 2.11. The first kappa shape index (κ1) is 16.4. The molecule has 0 aliphatic heterocycles. The molecule has 1 rings (SSSR count). The van der Waals surface area contributed by atoms with Gasteiger partial charge < -0.3 is 15.2 Å². The summed E-state index contributed by atoms with van der Waals surface area (Å²) in [5.74, 6) is 0.659. The van der Waals surface area contributed by atoms with Crippen molar-refractivity contribution in [1.82, 2.24) is 5.32 Å². The number of nitrogens with one attached hydrogen (secondary N) is 1. The maximum absolute atomic E-state index is 11.8. The van der Waals surface area contributed by atoms with Crippen LogP contribution in [0, 0.1) is 11.3 Å². The van der Waals surface area contributed by atoms with Gasteiger partial charge in [-0.2, -0.15) is 0 Å². The molecule has 0 heterocycles. The van der Waals surface area contributed by atoms with Crippen LogP contribution in [0.1, 0.15) is 52.4 Å². The molecular formula is C15H29NO3. The maximum atomic E-state index is 11.8. The van der Waals surface area contributed by atoms with Gasteiger partial charge in [-0.25, -0.2) is 0 Å². The Morgan fingerprint density at radius 3 is 2.63 bits per heavy atom. The van der Waals surface area contributed by atoms with Gasteiger partial charge in [0.1, 0.15) is 0 Å². The van der Waals surface area contributed by atoms with Crippen LogP contribution < -0.4 is 5.32 Å². The summed E-state index contributed by atoms with van der Waals surface area (Å²) >= 11 is 0. The number of rotatable bonds is 7. The van der Waals surface area contributed by atoms with E-state index in [0.29, 0.717) is 37.3 Å². The number of amides is 1. The molecule has 1 unspecified atom stereocenters. The van der Waals surface area contributed by atoms with Crippen LogP contribution in [0.15, 0.2) is 0 Å².